The van der Waals surface area contributed by atoms with Gasteiger partial charge in [0, 0.05) is 6.61 Å². The number of aliphatic hydroxyl groups excluding tert-OH is 1. The van der Waals surface area contributed by atoms with Crippen LogP contribution in [0.4, 0.5) is 0 Å². The zero-order valence-electron chi connectivity index (χ0n) is 4.73. The lowest BCUT2D eigenvalue weighted by Crippen LogP contribution is -1.83. The monoisotopic (exact) mass is 243 g/mol. The summed E-state index contributed by atoms with van der Waals surface area (Å²) >= 11 is 2.26. The van der Waals surface area contributed by atoms with Gasteiger partial charge in [0.2, 0.25) is 4.86 Å². The second kappa shape index (κ2) is 8.18. The van der Waals surface area contributed by atoms with E-state index in [1.54, 1.807) is 0 Å². The van der Waals surface area contributed by atoms with Gasteiger partial charge in [0.1, 0.15) is 0 Å². The second-order valence-corrected chi connectivity index (χ2v) is 4.49. The van der Waals surface area contributed by atoms with Gasteiger partial charge in [-0.05, 0) is 19.0 Å². The van der Waals surface area contributed by atoms with E-state index in [2.05, 4.69) is 27.2 Å². The summed E-state index contributed by atoms with van der Waals surface area (Å²) in [5.74, 6) is 0. The lowest BCUT2D eigenvalue weighted by atomic mass is 10.4. The van der Waals surface area contributed by atoms with Crippen molar-refractivity contribution < 1.29 is 5.11 Å². The maximum absolute atomic E-state index is 8.36. The maximum atomic E-state index is 8.36. The van der Waals surface area contributed by atoms with Gasteiger partial charge >= 0.3 is 0 Å². The van der Waals surface area contributed by atoms with Crippen molar-refractivity contribution >= 4 is 35.7 Å². The highest BCUT2D eigenvalue weighted by molar-refractivity contribution is 14.1. The number of hydrogen-bond donors (Lipinski definition) is 1. The Morgan fingerprint density at radius 1 is 1.50 bits per heavy atom. The average Bonchev–Trinajstić information content (AvgIpc) is 1.81. The third kappa shape index (κ3) is 7.18. The molecule has 0 aliphatic heterocycles. The van der Waals surface area contributed by atoms with Crippen LogP contribution in [0.25, 0.3) is 0 Å². The fraction of sp³-hybridized carbons (Fsp3) is 1.00. The van der Waals surface area contributed by atoms with Crippen LogP contribution < -0.4 is 0 Å². The van der Waals surface area contributed by atoms with Crippen molar-refractivity contribution in [3.05, 3.63) is 0 Å². The summed E-state index contributed by atoms with van der Waals surface area (Å²) in [6, 6.07) is 0. The van der Waals surface area contributed by atoms with Crippen molar-refractivity contribution in [2.24, 2.45) is 0 Å². The molecule has 1 radical (unpaired) electrons. The molecule has 1 nitrogen and oxygen atoms in total. The number of halogens is 1. The standard InChI is InChI=1S/C4H10BIOP/c6-5-8-4-2-1-3-7/h7-8H,1-4H2. The van der Waals surface area contributed by atoms with Crippen LogP contribution in [0, 0.1) is 0 Å². The van der Waals surface area contributed by atoms with Crippen LogP contribution in [-0.2, 0) is 0 Å². The van der Waals surface area contributed by atoms with Gasteiger partial charge in [-0.2, -0.15) is 22.4 Å². The third-order valence-corrected chi connectivity index (χ3v) is 2.92. The third-order valence-electron chi connectivity index (χ3n) is 0.806. The van der Waals surface area contributed by atoms with E-state index in [0.717, 1.165) is 14.9 Å². The van der Waals surface area contributed by atoms with Crippen LogP contribution in [0.5, 0.6) is 0 Å². The van der Waals surface area contributed by atoms with E-state index in [4.69, 9.17) is 5.11 Å². The highest BCUT2D eigenvalue weighted by atomic mass is 127. The van der Waals surface area contributed by atoms with E-state index in [9.17, 15) is 0 Å². The fourth-order valence-corrected chi connectivity index (χ4v) is 1.89. The van der Waals surface area contributed by atoms with E-state index in [0.29, 0.717) is 6.61 Å². The highest BCUT2D eigenvalue weighted by Gasteiger charge is 1.85. The van der Waals surface area contributed by atoms with E-state index in [1.165, 1.54) is 12.6 Å². The van der Waals surface area contributed by atoms with Crippen LogP contribution >= 0.6 is 30.8 Å². The molecule has 0 aliphatic carbocycles. The predicted octanol–water partition coefficient (Wildman–Crippen LogP) is 1.41. The molecule has 1 unspecified atom stereocenters. The Labute approximate surface area is 66.5 Å². The molecule has 0 aromatic heterocycles. The van der Waals surface area contributed by atoms with E-state index >= 15 is 0 Å². The summed E-state index contributed by atoms with van der Waals surface area (Å²) in [4.78, 5) is 2.16. The SMILES string of the molecule is OCCCCP[B]I. The Bertz CT molecular complexity index is 41.0. The average molecular weight is 243 g/mol. The minimum Gasteiger partial charge on any atom is -0.396 e. The van der Waals surface area contributed by atoms with Crippen LogP contribution in [0.3, 0.4) is 0 Å². The first-order chi connectivity index (χ1) is 3.91. The number of rotatable bonds is 5. The summed E-state index contributed by atoms with van der Waals surface area (Å²) in [6.45, 7) is 0.353. The van der Waals surface area contributed by atoms with E-state index in [-0.39, 0.29) is 0 Å². The maximum Gasteiger partial charge on any atom is 0.230 e. The van der Waals surface area contributed by atoms with Gasteiger partial charge in [-0.1, -0.05) is 0 Å². The molecule has 4 heteroatoms. The molecular formula is C4H10BIOP. The van der Waals surface area contributed by atoms with Gasteiger partial charge in [-0.15, -0.1) is 8.46 Å². The number of unbranched alkanes of at least 4 members (excludes halogenated alkanes) is 1. The molecule has 1 N–H and O–H groups in total. The van der Waals surface area contributed by atoms with Crippen molar-refractivity contribution in [1.82, 2.24) is 0 Å². The van der Waals surface area contributed by atoms with Crippen LogP contribution in [0.15, 0.2) is 0 Å². The van der Waals surface area contributed by atoms with Gasteiger partial charge in [-0.3, -0.25) is 0 Å². The zero-order chi connectivity index (χ0) is 6.24. The van der Waals surface area contributed by atoms with Gasteiger partial charge in [-0.25, -0.2) is 0 Å². The van der Waals surface area contributed by atoms with Crippen molar-refractivity contribution in [2.75, 3.05) is 12.8 Å². The lowest BCUT2D eigenvalue weighted by molar-refractivity contribution is 0.287. The molecule has 0 aromatic rings. The summed E-state index contributed by atoms with van der Waals surface area (Å²) in [5, 5.41) is 8.36. The van der Waals surface area contributed by atoms with Crippen molar-refractivity contribution in [3.63, 3.8) is 0 Å². The summed E-state index contributed by atoms with van der Waals surface area (Å²) in [5.41, 5.74) is 0. The molecule has 47 valence electrons. The van der Waals surface area contributed by atoms with Gasteiger partial charge in [0.15, 0.2) is 0 Å². The Kier molecular flexibility index (Phi) is 9.40. The van der Waals surface area contributed by atoms with E-state index in [1.807, 2.05) is 0 Å². The van der Waals surface area contributed by atoms with E-state index < -0.39 is 0 Å². The molecule has 1 atom stereocenters. The molecule has 0 bridgehead atoms. The topological polar surface area (TPSA) is 20.2 Å². The summed E-state index contributed by atoms with van der Waals surface area (Å²) < 4.78 is 0. The first-order valence-electron chi connectivity index (χ1n) is 2.68. The quantitative estimate of drug-likeness (QED) is 0.335. The Morgan fingerprint density at radius 3 is 2.75 bits per heavy atom. The molecule has 0 fully saturated rings. The van der Waals surface area contributed by atoms with Crippen molar-refractivity contribution in [3.8, 4) is 0 Å². The largest absolute Gasteiger partial charge is 0.396 e. The van der Waals surface area contributed by atoms with Crippen molar-refractivity contribution in [1.29, 1.82) is 0 Å². The Morgan fingerprint density at radius 2 is 2.25 bits per heavy atom. The molecule has 0 rings (SSSR count). The molecule has 0 aromatic carbocycles. The smallest absolute Gasteiger partial charge is 0.230 e. The normalized spacial score (nSPS) is 10.8. The molecule has 0 heterocycles. The summed E-state index contributed by atoms with van der Waals surface area (Å²) in [7, 11) is 0.975. The number of hydrogen-bond acceptors (Lipinski definition) is 1. The van der Waals surface area contributed by atoms with Gasteiger partial charge in [0.25, 0.3) is 0 Å². The minimum absolute atomic E-state index is 0.353. The van der Waals surface area contributed by atoms with Crippen molar-refractivity contribution in [2.45, 2.75) is 12.8 Å². The molecular weight excluding hydrogens is 233 g/mol. The second-order valence-electron chi connectivity index (χ2n) is 1.49. The highest BCUT2D eigenvalue weighted by Crippen LogP contribution is 2.11. The van der Waals surface area contributed by atoms with Crippen LogP contribution in [-0.4, -0.2) is 22.7 Å². The number of aliphatic hydroxyl groups is 1. The summed E-state index contributed by atoms with van der Waals surface area (Å²) in [6.07, 6.45) is 3.40. The molecule has 0 saturated heterocycles. The predicted molar refractivity (Wildman–Crippen MR) is 49.3 cm³/mol. The lowest BCUT2D eigenvalue weighted by Gasteiger charge is -1.92. The first kappa shape index (κ1) is 9.18. The van der Waals surface area contributed by atoms with Crippen LogP contribution in [0.1, 0.15) is 12.8 Å². The van der Waals surface area contributed by atoms with Crippen LogP contribution in [0.2, 0.25) is 0 Å². The minimum atomic E-state index is 0.353. The molecule has 8 heavy (non-hydrogen) atoms. The molecule has 0 aliphatic rings. The first-order valence-corrected chi connectivity index (χ1v) is 5.21. The molecule has 0 amide bonds. The van der Waals surface area contributed by atoms with Gasteiger partial charge < -0.3 is 5.11 Å². The Balaban J connectivity index is 2.53. The molecule has 0 spiro atoms. The van der Waals surface area contributed by atoms with Gasteiger partial charge in [0.05, 0.1) is 0 Å². The Hall–Kier alpha value is 1.18. The fourth-order valence-electron chi connectivity index (χ4n) is 0.393. The zero-order valence-corrected chi connectivity index (χ0v) is 7.89. The molecule has 0 saturated carbocycles.